The number of carbonyl (C=O) groups excluding carboxylic acids is 1. The quantitative estimate of drug-likeness (QED) is 0.371. The smallest absolute Gasteiger partial charge is 0.283 e. The van der Waals surface area contributed by atoms with Gasteiger partial charge in [-0.25, -0.2) is 0 Å². The van der Waals surface area contributed by atoms with E-state index in [-0.39, 0.29) is 11.4 Å². The number of nitrogens with one attached hydrogen (secondary N) is 1. The highest BCUT2D eigenvalue weighted by atomic mass is 32.2. The van der Waals surface area contributed by atoms with Crippen LogP contribution in [0.2, 0.25) is 0 Å². The largest absolute Gasteiger partial charge is 0.490 e. The fourth-order valence-corrected chi connectivity index (χ4v) is 4.27. The van der Waals surface area contributed by atoms with Crippen LogP contribution in [0.5, 0.6) is 11.5 Å². The Balaban J connectivity index is 1.30. The van der Waals surface area contributed by atoms with Crippen LogP contribution >= 0.6 is 11.8 Å². The van der Waals surface area contributed by atoms with Crippen LogP contribution in [0.3, 0.4) is 0 Å². The molecule has 1 amide bonds. The minimum Gasteiger partial charge on any atom is -0.490 e. The molecule has 2 aliphatic rings. The van der Waals surface area contributed by atoms with Crippen LogP contribution in [0.4, 0.5) is 0 Å². The molecule has 4 rings (SSSR count). The van der Waals surface area contributed by atoms with Crippen LogP contribution < -0.4 is 9.47 Å². The molecule has 0 aromatic heterocycles. The van der Waals surface area contributed by atoms with Crippen molar-refractivity contribution in [1.29, 1.82) is 5.41 Å². The third kappa shape index (κ3) is 5.39. The summed E-state index contributed by atoms with van der Waals surface area (Å²) < 4.78 is 11.5. The molecule has 0 spiro atoms. The van der Waals surface area contributed by atoms with Crippen molar-refractivity contribution in [3.05, 3.63) is 65.2 Å². The summed E-state index contributed by atoms with van der Waals surface area (Å²) in [4.78, 5) is 16.5. The number of rotatable bonds is 9. The summed E-state index contributed by atoms with van der Waals surface area (Å²) >= 11 is 1.33. The number of carbonyl (C=O) groups is 1. The Morgan fingerprint density at radius 3 is 2.24 bits per heavy atom. The minimum absolute atomic E-state index is 0.0422. The molecule has 0 saturated heterocycles. The second-order valence-electron chi connectivity index (χ2n) is 8.01. The normalized spacial score (nSPS) is 17.4. The van der Waals surface area contributed by atoms with Gasteiger partial charge >= 0.3 is 0 Å². The number of hydrogen-bond donors (Lipinski definition) is 1. The third-order valence-electron chi connectivity index (χ3n) is 5.67. The van der Waals surface area contributed by atoms with Crippen molar-refractivity contribution in [1.82, 2.24) is 5.01 Å². The van der Waals surface area contributed by atoms with Crippen LogP contribution in [0.1, 0.15) is 50.7 Å². The molecule has 1 unspecified atom stereocenters. The summed E-state index contributed by atoms with van der Waals surface area (Å²) in [6, 6.07) is 15.6. The first-order valence-electron chi connectivity index (χ1n) is 11.4. The summed E-state index contributed by atoms with van der Waals surface area (Å²) in [7, 11) is 0. The number of fused-ring (bicyclic) bond motifs is 1. The molecular formula is C26H28N4O3S. The zero-order chi connectivity index (χ0) is 24.1. The molecule has 8 heteroatoms. The SMILES string of the molecule is CCC1=NN2C(=N)C(=Cc3ccc(OCCOc4ccc(C(C)CC)cc4)cc3)C(=O)N=C2S1. The molecule has 1 atom stereocenters. The lowest BCUT2D eigenvalue weighted by Gasteiger charge is -2.20. The maximum absolute atomic E-state index is 12.4. The maximum atomic E-state index is 12.4. The summed E-state index contributed by atoms with van der Waals surface area (Å²) in [5, 5.41) is 15.5. The third-order valence-corrected chi connectivity index (χ3v) is 6.72. The lowest BCUT2D eigenvalue weighted by atomic mass is 9.99. The molecule has 34 heavy (non-hydrogen) atoms. The number of hydrazone groups is 1. The fourth-order valence-electron chi connectivity index (χ4n) is 3.45. The summed E-state index contributed by atoms with van der Waals surface area (Å²) in [6.07, 6.45) is 3.51. The Labute approximate surface area is 204 Å². The van der Waals surface area contributed by atoms with Crippen LogP contribution in [-0.4, -0.2) is 40.2 Å². The van der Waals surface area contributed by atoms with Gasteiger partial charge in [0.1, 0.15) is 29.8 Å². The highest BCUT2D eigenvalue weighted by Gasteiger charge is 2.35. The molecule has 2 aromatic carbocycles. The standard InChI is InChI=1S/C26H28N4O3S/c1-4-17(3)19-8-12-21(13-9-19)33-15-14-32-20-10-6-18(7-11-20)16-22-24(27)30-26(28-25(22)31)34-23(5-2)29-30/h6-13,16-17,27H,4-5,14-15H2,1-3H3. The van der Waals surface area contributed by atoms with E-state index in [0.29, 0.717) is 30.0 Å². The summed E-state index contributed by atoms with van der Waals surface area (Å²) in [6.45, 7) is 7.24. The Hall–Kier alpha value is -3.39. The number of thioether (sulfide) groups is 1. The van der Waals surface area contributed by atoms with E-state index in [2.05, 4.69) is 36.1 Å². The van der Waals surface area contributed by atoms with Gasteiger partial charge in [-0.05, 0) is 72.0 Å². The monoisotopic (exact) mass is 476 g/mol. The fraction of sp³-hybridized carbons (Fsp3) is 0.308. The van der Waals surface area contributed by atoms with E-state index in [4.69, 9.17) is 14.9 Å². The Morgan fingerprint density at radius 2 is 1.65 bits per heavy atom. The van der Waals surface area contributed by atoms with Gasteiger partial charge in [-0.1, -0.05) is 45.0 Å². The zero-order valence-corrected chi connectivity index (χ0v) is 20.4. The molecule has 7 nitrogen and oxygen atoms in total. The van der Waals surface area contributed by atoms with Crippen molar-refractivity contribution in [3.8, 4) is 11.5 Å². The van der Waals surface area contributed by atoms with E-state index < -0.39 is 5.91 Å². The van der Waals surface area contributed by atoms with Gasteiger partial charge in [-0.15, -0.1) is 0 Å². The van der Waals surface area contributed by atoms with E-state index in [1.165, 1.54) is 22.3 Å². The topological polar surface area (TPSA) is 87.3 Å². The van der Waals surface area contributed by atoms with Crippen LogP contribution in [0.15, 0.2) is 64.2 Å². The van der Waals surface area contributed by atoms with Crippen LogP contribution in [0, 0.1) is 5.41 Å². The van der Waals surface area contributed by atoms with E-state index >= 15 is 0 Å². The van der Waals surface area contributed by atoms with Crippen molar-refractivity contribution in [2.24, 2.45) is 10.1 Å². The van der Waals surface area contributed by atoms with E-state index in [0.717, 1.165) is 29.2 Å². The Bertz CT molecular complexity index is 1150. The van der Waals surface area contributed by atoms with Crippen molar-refractivity contribution < 1.29 is 14.3 Å². The molecule has 0 saturated carbocycles. The molecule has 0 aliphatic carbocycles. The van der Waals surface area contributed by atoms with E-state index in [9.17, 15) is 4.79 Å². The van der Waals surface area contributed by atoms with E-state index in [1.807, 2.05) is 43.3 Å². The number of amidine groups is 2. The highest BCUT2D eigenvalue weighted by molar-refractivity contribution is 8.26. The average molecular weight is 477 g/mol. The number of aliphatic imine (C=N–C) groups is 1. The number of amides is 1. The molecule has 2 aromatic rings. The second-order valence-corrected chi connectivity index (χ2v) is 9.05. The minimum atomic E-state index is -0.425. The van der Waals surface area contributed by atoms with Gasteiger partial charge in [-0.3, -0.25) is 10.2 Å². The molecule has 2 aliphatic heterocycles. The molecule has 0 bridgehead atoms. The average Bonchev–Trinajstić information content (AvgIpc) is 3.28. The first-order chi connectivity index (χ1) is 16.5. The van der Waals surface area contributed by atoms with E-state index in [1.54, 1.807) is 6.08 Å². The first kappa shape index (κ1) is 23.8. The molecule has 176 valence electrons. The molecule has 1 N–H and O–H groups in total. The second kappa shape index (κ2) is 10.7. The summed E-state index contributed by atoms with van der Waals surface area (Å²) in [5.41, 5.74) is 2.31. The molecular weight excluding hydrogens is 448 g/mol. The van der Waals surface area contributed by atoms with Gasteiger partial charge in [0.15, 0.2) is 5.84 Å². The number of hydrogen-bond acceptors (Lipinski definition) is 6. The maximum Gasteiger partial charge on any atom is 0.283 e. The van der Waals surface area contributed by atoms with Crippen molar-refractivity contribution >= 4 is 39.8 Å². The predicted molar refractivity (Wildman–Crippen MR) is 138 cm³/mol. The number of ether oxygens (including phenoxy) is 2. The molecule has 0 radical (unpaired) electrons. The molecule has 2 heterocycles. The summed E-state index contributed by atoms with van der Waals surface area (Å²) in [5.74, 6) is 1.70. The van der Waals surface area contributed by atoms with Gasteiger partial charge in [0.05, 0.1) is 5.57 Å². The van der Waals surface area contributed by atoms with Gasteiger partial charge in [-0.2, -0.15) is 15.1 Å². The Morgan fingerprint density at radius 1 is 1.03 bits per heavy atom. The lowest BCUT2D eigenvalue weighted by molar-refractivity contribution is -0.114. The van der Waals surface area contributed by atoms with Gasteiger partial charge in [0.25, 0.3) is 5.91 Å². The van der Waals surface area contributed by atoms with Crippen molar-refractivity contribution in [3.63, 3.8) is 0 Å². The van der Waals surface area contributed by atoms with Gasteiger partial charge < -0.3 is 9.47 Å². The zero-order valence-electron chi connectivity index (χ0n) is 19.6. The lowest BCUT2D eigenvalue weighted by Crippen LogP contribution is -2.35. The van der Waals surface area contributed by atoms with Crippen molar-refractivity contribution in [2.75, 3.05) is 13.2 Å². The first-order valence-corrected chi connectivity index (χ1v) is 12.2. The molecule has 0 fully saturated rings. The van der Waals surface area contributed by atoms with Gasteiger partial charge in [0, 0.05) is 0 Å². The van der Waals surface area contributed by atoms with Crippen LogP contribution in [-0.2, 0) is 4.79 Å². The van der Waals surface area contributed by atoms with Crippen molar-refractivity contribution in [2.45, 2.75) is 39.5 Å². The van der Waals surface area contributed by atoms with Crippen LogP contribution in [0.25, 0.3) is 6.08 Å². The Kier molecular flexibility index (Phi) is 7.47. The van der Waals surface area contributed by atoms with Gasteiger partial charge in [0.2, 0.25) is 5.17 Å². The highest BCUT2D eigenvalue weighted by Crippen LogP contribution is 2.29. The predicted octanol–water partition coefficient (Wildman–Crippen LogP) is 5.69. The number of benzene rings is 2. The number of nitrogens with zero attached hydrogens (tertiary/aromatic N) is 3.